The molecule has 0 amide bonds. The van der Waals surface area contributed by atoms with Crippen LogP contribution in [0.4, 0.5) is 0 Å². The number of aromatic nitrogens is 1. The molecule has 0 bridgehead atoms. The number of carbonyl (C=O) groups is 1. The summed E-state index contributed by atoms with van der Waals surface area (Å²) < 4.78 is 5.11. The van der Waals surface area contributed by atoms with Gasteiger partial charge < -0.3 is 9.72 Å². The summed E-state index contributed by atoms with van der Waals surface area (Å²) in [6.45, 7) is 2.93. The third-order valence-corrected chi connectivity index (χ3v) is 3.49. The molecule has 0 aromatic carbocycles. The van der Waals surface area contributed by atoms with E-state index in [1.807, 2.05) is 19.2 Å². The molecule has 0 atom stereocenters. The van der Waals surface area contributed by atoms with Gasteiger partial charge in [0.15, 0.2) is 0 Å². The van der Waals surface area contributed by atoms with Crippen LogP contribution in [0.5, 0.6) is 0 Å². The second-order valence-corrected chi connectivity index (χ2v) is 4.54. The van der Waals surface area contributed by atoms with Gasteiger partial charge in [-0.1, -0.05) is 6.08 Å². The first-order chi connectivity index (χ1) is 8.81. The van der Waals surface area contributed by atoms with Gasteiger partial charge >= 0.3 is 5.97 Å². The lowest BCUT2D eigenvalue weighted by molar-refractivity contribution is -0.136. The van der Waals surface area contributed by atoms with Gasteiger partial charge in [0.1, 0.15) is 0 Å². The minimum Gasteiger partial charge on any atom is -0.462 e. The molecule has 0 radical (unpaired) electrons. The average Bonchev–Trinajstić information content (AvgIpc) is 2.77. The molecule has 1 aromatic heterocycles. The Labute approximate surface area is 106 Å². The van der Waals surface area contributed by atoms with E-state index >= 15 is 0 Å². The summed E-state index contributed by atoms with van der Waals surface area (Å²) in [5.74, 6) is -0.224. The van der Waals surface area contributed by atoms with Gasteiger partial charge in [-0.25, -0.2) is 4.79 Å². The molecule has 0 saturated carbocycles. The first-order valence-corrected chi connectivity index (χ1v) is 6.39. The zero-order valence-corrected chi connectivity index (χ0v) is 10.5. The number of carbonyl (C=O) groups excluding carboxylic acids is 1. The van der Waals surface area contributed by atoms with Gasteiger partial charge in [0.25, 0.3) is 0 Å². The Morgan fingerprint density at radius 3 is 3.22 bits per heavy atom. The number of fused-ring (bicyclic) bond motifs is 3. The Bertz CT molecular complexity index is 552. The summed E-state index contributed by atoms with van der Waals surface area (Å²) in [7, 11) is 0. The van der Waals surface area contributed by atoms with E-state index in [-0.39, 0.29) is 5.97 Å². The van der Waals surface area contributed by atoms with E-state index in [1.54, 1.807) is 0 Å². The summed E-state index contributed by atoms with van der Waals surface area (Å²) in [4.78, 5) is 19.6. The molecular formula is C14H16N2O2. The monoisotopic (exact) mass is 244 g/mol. The zero-order chi connectivity index (χ0) is 12.5. The minimum atomic E-state index is -0.224. The maximum atomic E-state index is 11.9. The number of aliphatic imine (C=N–C) groups is 1. The quantitative estimate of drug-likeness (QED) is 0.809. The van der Waals surface area contributed by atoms with E-state index in [9.17, 15) is 4.79 Å². The van der Waals surface area contributed by atoms with Crippen LogP contribution in [0.3, 0.4) is 0 Å². The van der Waals surface area contributed by atoms with Crippen LogP contribution in [0.1, 0.15) is 35.9 Å². The number of ether oxygens (including phenoxy) is 1. The summed E-state index contributed by atoms with van der Waals surface area (Å²) in [5, 5.41) is 0. The van der Waals surface area contributed by atoms with E-state index in [1.165, 1.54) is 11.1 Å². The standard InChI is InChI=1S/C14H16N2O2/c1-2-18-14(17)11-5-3-4-10-9-6-7-15-8-12(9)16-13(10)11/h5,7,16H,2-4,6,8H2,1H3. The normalized spacial score (nSPS) is 16.8. The Morgan fingerprint density at radius 2 is 2.39 bits per heavy atom. The minimum absolute atomic E-state index is 0.224. The third kappa shape index (κ3) is 1.68. The van der Waals surface area contributed by atoms with Crippen molar-refractivity contribution in [2.24, 2.45) is 4.99 Å². The second-order valence-electron chi connectivity index (χ2n) is 4.54. The number of hydrogen-bond acceptors (Lipinski definition) is 3. The van der Waals surface area contributed by atoms with Gasteiger partial charge in [0.2, 0.25) is 0 Å². The van der Waals surface area contributed by atoms with Crippen LogP contribution >= 0.6 is 0 Å². The Hall–Kier alpha value is -1.84. The van der Waals surface area contributed by atoms with E-state index < -0.39 is 0 Å². The summed E-state index contributed by atoms with van der Waals surface area (Å²) >= 11 is 0. The lowest BCUT2D eigenvalue weighted by Gasteiger charge is -2.14. The number of aromatic amines is 1. The Kier molecular flexibility index (Phi) is 2.78. The van der Waals surface area contributed by atoms with Crippen molar-refractivity contribution in [3.05, 3.63) is 28.6 Å². The van der Waals surface area contributed by atoms with Crippen LogP contribution in [-0.2, 0) is 28.9 Å². The van der Waals surface area contributed by atoms with Crippen molar-refractivity contribution < 1.29 is 9.53 Å². The Balaban J connectivity index is 2.01. The second kappa shape index (κ2) is 4.44. The van der Waals surface area contributed by atoms with Crippen molar-refractivity contribution >= 4 is 17.8 Å². The number of nitrogens with zero attached hydrogens (tertiary/aromatic N) is 1. The summed E-state index contributed by atoms with van der Waals surface area (Å²) in [6.07, 6.45) is 6.71. The number of rotatable bonds is 2. The molecule has 1 aliphatic carbocycles. The molecule has 1 aromatic rings. The summed E-state index contributed by atoms with van der Waals surface area (Å²) in [6, 6.07) is 0. The van der Waals surface area contributed by atoms with Crippen LogP contribution in [0.2, 0.25) is 0 Å². The van der Waals surface area contributed by atoms with Gasteiger partial charge in [0, 0.05) is 18.3 Å². The molecule has 2 aliphatic rings. The molecule has 3 rings (SSSR count). The van der Waals surface area contributed by atoms with Gasteiger partial charge in [-0.3, -0.25) is 4.99 Å². The van der Waals surface area contributed by atoms with Gasteiger partial charge in [0.05, 0.1) is 24.4 Å². The third-order valence-electron chi connectivity index (χ3n) is 3.49. The van der Waals surface area contributed by atoms with Gasteiger partial charge in [-0.15, -0.1) is 0 Å². The molecule has 18 heavy (non-hydrogen) atoms. The number of allylic oxidation sites excluding steroid dienone is 1. The predicted octanol–water partition coefficient (Wildman–Crippen LogP) is 2.03. The molecule has 1 aliphatic heterocycles. The van der Waals surface area contributed by atoms with Crippen molar-refractivity contribution in [1.82, 2.24) is 4.98 Å². The van der Waals surface area contributed by atoms with Crippen LogP contribution in [-0.4, -0.2) is 23.8 Å². The number of H-pyrrole nitrogens is 1. The fourth-order valence-electron chi connectivity index (χ4n) is 2.69. The highest BCUT2D eigenvalue weighted by atomic mass is 16.5. The average molecular weight is 244 g/mol. The zero-order valence-electron chi connectivity index (χ0n) is 10.5. The first kappa shape index (κ1) is 11.3. The lowest BCUT2D eigenvalue weighted by Crippen LogP contribution is -2.11. The molecule has 0 spiro atoms. The smallest absolute Gasteiger partial charge is 0.339 e. The van der Waals surface area contributed by atoms with E-state index in [4.69, 9.17) is 4.74 Å². The molecular weight excluding hydrogens is 228 g/mol. The fourth-order valence-corrected chi connectivity index (χ4v) is 2.69. The molecule has 94 valence electrons. The van der Waals surface area contributed by atoms with Crippen LogP contribution < -0.4 is 0 Å². The van der Waals surface area contributed by atoms with Crippen molar-refractivity contribution in [1.29, 1.82) is 0 Å². The molecule has 4 nitrogen and oxygen atoms in total. The highest BCUT2D eigenvalue weighted by Crippen LogP contribution is 2.32. The maximum absolute atomic E-state index is 11.9. The highest BCUT2D eigenvalue weighted by molar-refractivity contribution is 6.16. The van der Waals surface area contributed by atoms with Crippen molar-refractivity contribution in [2.75, 3.05) is 6.61 Å². The largest absolute Gasteiger partial charge is 0.462 e. The number of esters is 1. The highest BCUT2D eigenvalue weighted by Gasteiger charge is 2.26. The topological polar surface area (TPSA) is 54.5 Å². The molecule has 4 heteroatoms. The van der Waals surface area contributed by atoms with Crippen LogP contribution in [0.25, 0.3) is 5.57 Å². The fraction of sp³-hybridized carbons (Fsp3) is 0.429. The van der Waals surface area contributed by atoms with Gasteiger partial charge in [-0.05, 0) is 30.9 Å². The van der Waals surface area contributed by atoms with E-state index in [0.717, 1.165) is 30.7 Å². The van der Waals surface area contributed by atoms with Crippen molar-refractivity contribution in [2.45, 2.75) is 32.7 Å². The molecule has 0 fully saturated rings. The van der Waals surface area contributed by atoms with Crippen molar-refractivity contribution in [3.63, 3.8) is 0 Å². The first-order valence-electron chi connectivity index (χ1n) is 6.39. The molecule has 1 N–H and O–H groups in total. The maximum Gasteiger partial charge on any atom is 0.339 e. The van der Waals surface area contributed by atoms with E-state index in [0.29, 0.717) is 18.7 Å². The summed E-state index contributed by atoms with van der Waals surface area (Å²) in [5.41, 5.74) is 5.40. The number of nitrogens with one attached hydrogen (secondary N) is 1. The van der Waals surface area contributed by atoms with Gasteiger partial charge in [-0.2, -0.15) is 0 Å². The SMILES string of the molecule is CCOC(=O)C1=CCCc2c1[nH]c1c2CC=NC1. The number of hydrogen-bond donors (Lipinski definition) is 1. The van der Waals surface area contributed by atoms with E-state index in [2.05, 4.69) is 9.98 Å². The molecule has 0 unspecified atom stereocenters. The molecule has 2 heterocycles. The predicted molar refractivity (Wildman–Crippen MR) is 69.6 cm³/mol. The van der Waals surface area contributed by atoms with Crippen molar-refractivity contribution in [3.8, 4) is 0 Å². The lowest BCUT2D eigenvalue weighted by atomic mass is 9.92. The van der Waals surface area contributed by atoms with Crippen LogP contribution in [0.15, 0.2) is 11.1 Å². The van der Waals surface area contributed by atoms with Crippen LogP contribution in [0, 0.1) is 0 Å². The Morgan fingerprint density at radius 1 is 1.50 bits per heavy atom. The molecule has 0 saturated heterocycles.